The number of aryl methyl sites for hydroxylation is 3. The molecule has 0 unspecified atom stereocenters. The van der Waals surface area contributed by atoms with Crippen LogP contribution in [0.5, 0.6) is 11.5 Å². The minimum atomic E-state index is 0.496. The zero-order chi connectivity index (χ0) is 14.7. The molecule has 0 aromatic heterocycles. The van der Waals surface area contributed by atoms with E-state index in [1.165, 1.54) is 0 Å². The average molecular weight is 286 g/mol. The first-order valence-electron chi connectivity index (χ1n) is 6.40. The SMILES string of the molecule is Cc1cc(CCl)ccc1Oc1c(C)cc(C#N)cc1C. The van der Waals surface area contributed by atoms with E-state index in [2.05, 4.69) is 6.07 Å². The largest absolute Gasteiger partial charge is 0.457 e. The van der Waals surface area contributed by atoms with Crippen LogP contribution in [-0.4, -0.2) is 0 Å². The number of nitrogens with zero attached hydrogens (tertiary/aromatic N) is 1. The van der Waals surface area contributed by atoms with Crippen molar-refractivity contribution in [2.75, 3.05) is 0 Å². The lowest BCUT2D eigenvalue weighted by molar-refractivity contribution is 0.471. The number of hydrogen-bond acceptors (Lipinski definition) is 2. The third-order valence-corrected chi connectivity index (χ3v) is 3.50. The summed E-state index contributed by atoms with van der Waals surface area (Å²) in [5.74, 6) is 2.12. The second-order valence-corrected chi connectivity index (χ2v) is 5.15. The predicted octanol–water partition coefficient (Wildman–Crippen LogP) is 5.01. The maximum Gasteiger partial charge on any atom is 0.133 e. The predicted molar refractivity (Wildman–Crippen MR) is 81.4 cm³/mol. The average Bonchev–Trinajstić information content (AvgIpc) is 2.43. The van der Waals surface area contributed by atoms with Gasteiger partial charge < -0.3 is 4.74 Å². The van der Waals surface area contributed by atoms with Crippen molar-refractivity contribution < 1.29 is 4.74 Å². The van der Waals surface area contributed by atoms with Crippen LogP contribution in [-0.2, 0) is 5.88 Å². The van der Waals surface area contributed by atoms with Crippen molar-refractivity contribution in [1.29, 1.82) is 5.26 Å². The van der Waals surface area contributed by atoms with Crippen LogP contribution in [0.15, 0.2) is 30.3 Å². The fourth-order valence-corrected chi connectivity index (χ4v) is 2.36. The molecule has 0 radical (unpaired) electrons. The van der Waals surface area contributed by atoms with Crippen molar-refractivity contribution in [1.82, 2.24) is 0 Å². The first-order chi connectivity index (χ1) is 9.55. The number of rotatable bonds is 3. The summed E-state index contributed by atoms with van der Waals surface area (Å²) in [4.78, 5) is 0. The number of alkyl halides is 1. The molecule has 0 aliphatic carbocycles. The molecular weight excluding hydrogens is 270 g/mol. The van der Waals surface area contributed by atoms with Crippen LogP contribution in [0.4, 0.5) is 0 Å². The van der Waals surface area contributed by atoms with Crippen LogP contribution < -0.4 is 4.74 Å². The van der Waals surface area contributed by atoms with E-state index < -0.39 is 0 Å². The Labute approximate surface area is 124 Å². The molecule has 0 aliphatic rings. The first kappa shape index (κ1) is 14.4. The Balaban J connectivity index is 2.38. The van der Waals surface area contributed by atoms with Gasteiger partial charge in [-0.25, -0.2) is 0 Å². The highest BCUT2D eigenvalue weighted by Gasteiger charge is 2.09. The van der Waals surface area contributed by atoms with Crippen LogP contribution in [0.3, 0.4) is 0 Å². The summed E-state index contributed by atoms with van der Waals surface area (Å²) in [6.45, 7) is 5.90. The lowest BCUT2D eigenvalue weighted by atomic mass is 10.1. The summed E-state index contributed by atoms with van der Waals surface area (Å²) in [5.41, 5.74) is 4.70. The molecule has 0 spiro atoms. The Bertz CT molecular complexity index is 663. The molecule has 0 fully saturated rings. The minimum absolute atomic E-state index is 0.496. The van der Waals surface area contributed by atoms with E-state index >= 15 is 0 Å². The third-order valence-electron chi connectivity index (χ3n) is 3.20. The molecule has 0 saturated carbocycles. The van der Waals surface area contributed by atoms with Gasteiger partial charge in [0.1, 0.15) is 11.5 Å². The second-order valence-electron chi connectivity index (χ2n) is 4.89. The molecule has 2 rings (SSSR count). The summed E-state index contributed by atoms with van der Waals surface area (Å²) in [6.07, 6.45) is 0. The highest BCUT2D eigenvalue weighted by Crippen LogP contribution is 2.32. The molecule has 102 valence electrons. The molecule has 0 atom stereocenters. The molecule has 0 N–H and O–H groups in total. The minimum Gasteiger partial charge on any atom is -0.457 e. The molecule has 2 nitrogen and oxygen atoms in total. The second kappa shape index (κ2) is 5.98. The number of benzene rings is 2. The standard InChI is InChI=1S/C17H16ClNO/c1-11-6-14(9-18)4-5-16(11)20-17-12(2)7-15(10-19)8-13(17)3/h4-8H,9H2,1-3H3. The van der Waals surface area contributed by atoms with Crippen LogP contribution >= 0.6 is 11.6 Å². The van der Waals surface area contributed by atoms with E-state index in [0.29, 0.717) is 11.4 Å². The number of halogens is 1. The molecule has 3 heteroatoms. The van der Waals surface area contributed by atoms with Crippen LogP contribution in [0.1, 0.15) is 27.8 Å². The van der Waals surface area contributed by atoms with Gasteiger partial charge >= 0.3 is 0 Å². The van der Waals surface area contributed by atoms with Gasteiger partial charge in [0, 0.05) is 5.88 Å². The lowest BCUT2D eigenvalue weighted by Crippen LogP contribution is -1.95. The van der Waals surface area contributed by atoms with Gasteiger partial charge in [-0.2, -0.15) is 5.26 Å². The molecular formula is C17H16ClNO. The van der Waals surface area contributed by atoms with Crippen molar-refractivity contribution in [2.24, 2.45) is 0 Å². The molecule has 0 amide bonds. The number of ether oxygens (including phenoxy) is 1. The van der Waals surface area contributed by atoms with E-state index in [1.54, 1.807) is 0 Å². The highest BCUT2D eigenvalue weighted by molar-refractivity contribution is 6.17. The van der Waals surface area contributed by atoms with Gasteiger partial charge in [-0.05, 0) is 61.2 Å². The van der Waals surface area contributed by atoms with E-state index in [-0.39, 0.29) is 0 Å². The fourth-order valence-electron chi connectivity index (χ4n) is 2.19. The molecule has 0 heterocycles. The maximum atomic E-state index is 8.97. The number of hydrogen-bond donors (Lipinski definition) is 0. The summed E-state index contributed by atoms with van der Waals surface area (Å²) in [7, 11) is 0. The summed E-state index contributed by atoms with van der Waals surface area (Å²) >= 11 is 5.82. The van der Waals surface area contributed by atoms with E-state index in [4.69, 9.17) is 21.6 Å². The van der Waals surface area contributed by atoms with Gasteiger partial charge in [0.05, 0.1) is 11.6 Å². The molecule has 2 aromatic carbocycles. The van der Waals surface area contributed by atoms with Crippen molar-refractivity contribution in [3.63, 3.8) is 0 Å². The maximum absolute atomic E-state index is 8.97. The van der Waals surface area contributed by atoms with Gasteiger partial charge in [0.25, 0.3) is 0 Å². The Morgan fingerprint density at radius 2 is 1.70 bits per heavy atom. The lowest BCUT2D eigenvalue weighted by Gasteiger charge is -2.14. The quantitative estimate of drug-likeness (QED) is 0.742. The topological polar surface area (TPSA) is 33.0 Å². The zero-order valence-corrected chi connectivity index (χ0v) is 12.6. The monoisotopic (exact) mass is 285 g/mol. The first-order valence-corrected chi connectivity index (χ1v) is 6.93. The molecule has 0 aliphatic heterocycles. The van der Waals surface area contributed by atoms with Gasteiger partial charge in [-0.3, -0.25) is 0 Å². The van der Waals surface area contributed by atoms with Crippen LogP contribution in [0, 0.1) is 32.1 Å². The van der Waals surface area contributed by atoms with Crippen molar-refractivity contribution in [3.05, 3.63) is 58.1 Å². The highest BCUT2D eigenvalue weighted by atomic mass is 35.5. The third kappa shape index (κ3) is 2.95. The smallest absolute Gasteiger partial charge is 0.133 e. The van der Waals surface area contributed by atoms with Crippen LogP contribution in [0.25, 0.3) is 0 Å². The van der Waals surface area contributed by atoms with E-state index in [1.807, 2.05) is 51.1 Å². The normalized spacial score (nSPS) is 10.2. The summed E-state index contributed by atoms with van der Waals surface area (Å²) in [5, 5.41) is 8.97. The van der Waals surface area contributed by atoms with Crippen molar-refractivity contribution in [3.8, 4) is 17.6 Å². The molecule has 0 bridgehead atoms. The Morgan fingerprint density at radius 1 is 1.05 bits per heavy atom. The van der Waals surface area contributed by atoms with Gasteiger partial charge in [0.15, 0.2) is 0 Å². The van der Waals surface area contributed by atoms with E-state index in [9.17, 15) is 0 Å². The van der Waals surface area contributed by atoms with Crippen molar-refractivity contribution in [2.45, 2.75) is 26.7 Å². The summed E-state index contributed by atoms with van der Waals surface area (Å²) in [6, 6.07) is 11.8. The van der Waals surface area contributed by atoms with Gasteiger partial charge in [0.2, 0.25) is 0 Å². The van der Waals surface area contributed by atoms with Crippen molar-refractivity contribution >= 4 is 11.6 Å². The summed E-state index contributed by atoms with van der Waals surface area (Å²) < 4.78 is 6.02. The van der Waals surface area contributed by atoms with Crippen LogP contribution in [0.2, 0.25) is 0 Å². The zero-order valence-electron chi connectivity index (χ0n) is 11.8. The Hall–Kier alpha value is -1.98. The van der Waals surface area contributed by atoms with Gasteiger partial charge in [-0.1, -0.05) is 12.1 Å². The van der Waals surface area contributed by atoms with E-state index in [0.717, 1.165) is 33.8 Å². The fraction of sp³-hybridized carbons (Fsp3) is 0.235. The Kier molecular flexibility index (Phi) is 4.32. The number of nitriles is 1. The molecule has 2 aromatic rings. The van der Waals surface area contributed by atoms with Gasteiger partial charge in [-0.15, -0.1) is 11.6 Å². The molecule has 20 heavy (non-hydrogen) atoms. The molecule has 0 saturated heterocycles. The Morgan fingerprint density at radius 3 is 2.20 bits per heavy atom.